The van der Waals surface area contributed by atoms with E-state index in [1.54, 1.807) is 0 Å². The van der Waals surface area contributed by atoms with E-state index >= 15 is 0 Å². The van der Waals surface area contributed by atoms with Gasteiger partial charge in [-0.15, -0.1) is 0 Å². The largest absolute Gasteiger partial charge is 0.396 e. The van der Waals surface area contributed by atoms with Crippen molar-refractivity contribution in [3.8, 4) is 0 Å². The number of hydrogen-bond donors (Lipinski definition) is 10. The second-order valence-electron chi connectivity index (χ2n) is 5.62. The molecule has 0 saturated heterocycles. The van der Waals surface area contributed by atoms with Crippen molar-refractivity contribution in [2.24, 2.45) is 0 Å². The number of ketones is 1. The minimum Gasteiger partial charge on any atom is -0.396 e. The van der Waals surface area contributed by atoms with E-state index in [0.29, 0.717) is 0 Å². The Morgan fingerprint density at radius 1 is 0.500 bits per heavy atom. The van der Waals surface area contributed by atoms with Crippen LogP contribution >= 0.6 is 0 Å². The minimum atomic E-state index is -0.592. The summed E-state index contributed by atoms with van der Waals surface area (Å²) in [6.45, 7) is 0. The van der Waals surface area contributed by atoms with Crippen molar-refractivity contribution in [1.82, 2.24) is 0 Å². The molecule has 0 radical (unpaired) electrons. The van der Waals surface area contributed by atoms with Crippen LogP contribution in [0.4, 0.5) is 56.9 Å². The molecule has 26 heavy (non-hydrogen) atoms. The van der Waals surface area contributed by atoms with Crippen LogP contribution in [0.3, 0.4) is 0 Å². The van der Waals surface area contributed by atoms with Gasteiger partial charge in [-0.05, 0) is 12.2 Å². The lowest BCUT2D eigenvalue weighted by molar-refractivity contribution is 0.104. The first-order chi connectivity index (χ1) is 12.0. The molecule has 20 N–H and O–H groups in total. The summed E-state index contributed by atoms with van der Waals surface area (Å²) in [7, 11) is 0. The van der Waals surface area contributed by atoms with Crippen molar-refractivity contribution in [3.05, 3.63) is 17.2 Å². The van der Waals surface area contributed by atoms with E-state index in [0.717, 1.165) is 6.08 Å². The summed E-state index contributed by atoms with van der Waals surface area (Å²) in [4.78, 5) is 12.6. The maximum atomic E-state index is 12.6. The summed E-state index contributed by atoms with van der Waals surface area (Å²) < 4.78 is 0. The highest BCUT2D eigenvalue weighted by Gasteiger charge is 2.20. The van der Waals surface area contributed by atoms with E-state index < -0.39 is 5.78 Å². The van der Waals surface area contributed by atoms with E-state index in [9.17, 15) is 4.79 Å². The molecule has 11 heteroatoms. The van der Waals surface area contributed by atoms with Crippen LogP contribution in [-0.4, -0.2) is 5.78 Å². The molecule has 0 heterocycles. The third kappa shape index (κ3) is 2.53. The van der Waals surface area contributed by atoms with E-state index in [4.69, 9.17) is 57.3 Å². The van der Waals surface area contributed by atoms with Gasteiger partial charge in [0, 0.05) is 5.56 Å². The van der Waals surface area contributed by atoms with E-state index in [-0.39, 0.29) is 68.0 Å². The molecule has 0 aliphatic heterocycles. The smallest absolute Gasteiger partial charge is 0.190 e. The van der Waals surface area contributed by atoms with Gasteiger partial charge in [0.2, 0.25) is 0 Å². The number of nitrogen functional groups attached to an aromatic ring is 10. The highest BCUT2D eigenvalue weighted by molar-refractivity contribution is 6.19. The molecular formula is C15H22N10O. The van der Waals surface area contributed by atoms with Gasteiger partial charge >= 0.3 is 0 Å². The molecule has 0 aliphatic rings. The molecule has 0 aliphatic carbocycles. The first-order valence-corrected chi connectivity index (χ1v) is 7.25. The Kier molecular flexibility index (Phi) is 4.23. The van der Waals surface area contributed by atoms with E-state index in [2.05, 4.69) is 0 Å². The van der Waals surface area contributed by atoms with Crippen molar-refractivity contribution < 1.29 is 4.79 Å². The molecule has 11 nitrogen and oxygen atoms in total. The Morgan fingerprint density at radius 3 is 1.19 bits per heavy atom. The number of anilines is 10. The average Bonchev–Trinajstić information content (AvgIpc) is 2.61. The fourth-order valence-corrected chi connectivity index (χ4v) is 2.41. The Balaban J connectivity index is 2.57. The lowest BCUT2D eigenvalue weighted by atomic mass is 9.99. The van der Waals surface area contributed by atoms with Crippen LogP contribution < -0.4 is 57.3 Å². The van der Waals surface area contributed by atoms with Gasteiger partial charge in [0.25, 0.3) is 0 Å². The molecule has 0 aromatic heterocycles. The fraction of sp³-hybridized carbons (Fsp3) is 0. The number of hydrogen-bond acceptors (Lipinski definition) is 11. The second-order valence-corrected chi connectivity index (χ2v) is 5.62. The molecule has 138 valence electrons. The van der Waals surface area contributed by atoms with Crippen molar-refractivity contribution in [1.29, 1.82) is 0 Å². The first kappa shape index (κ1) is 18.2. The number of nitrogens with two attached hydrogens (primary N) is 10. The summed E-state index contributed by atoms with van der Waals surface area (Å²) in [5.41, 5.74) is 58.2. The zero-order valence-corrected chi connectivity index (χ0v) is 13.8. The van der Waals surface area contributed by atoms with Gasteiger partial charge < -0.3 is 57.3 Å². The number of benzene rings is 2. The van der Waals surface area contributed by atoms with Crippen LogP contribution in [0, 0.1) is 0 Å². The Hall–Kier alpha value is -4.15. The highest BCUT2D eigenvalue weighted by Crippen LogP contribution is 2.40. The lowest BCUT2D eigenvalue weighted by Crippen LogP contribution is -2.14. The van der Waals surface area contributed by atoms with Crippen molar-refractivity contribution in [3.63, 3.8) is 0 Å². The summed E-state index contributed by atoms with van der Waals surface area (Å²) in [6.07, 6.45) is 2.45. The molecule has 0 fully saturated rings. The third-order valence-corrected chi connectivity index (χ3v) is 4.09. The highest BCUT2D eigenvalue weighted by atomic mass is 16.1. The topological polar surface area (TPSA) is 277 Å². The zero-order chi connectivity index (χ0) is 19.9. The van der Waals surface area contributed by atoms with Gasteiger partial charge in [-0.25, -0.2) is 0 Å². The number of rotatable bonds is 3. The first-order valence-electron chi connectivity index (χ1n) is 7.25. The van der Waals surface area contributed by atoms with Gasteiger partial charge in [0.05, 0.1) is 62.4 Å². The number of carbonyl (C=O) groups is 1. The molecule has 2 aromatic rings. The lowest BCUT2D eigenvalue weighted by Gasteiger charge is -2.16. The maximum Gasteiger partial charge on any atom is 0.190 e. The molecule has 0 spiro atoms. The van der Waals surface area contributed by atoms with E-state index in [1.165, 1.54) is 6.08 Å². The van der Waals surface area contributed by atoms with Crippen LogP contribution in [-0.2, 0) is 0 Å². The summed E-state index contributed by atoms with van der Waals surface area (Å²) >= 11 is 0. The SMILES string of the molecule is Nc1c(N)c(N)c(/C=C/C(=O)c2c(N)c(N)c(N)c(N)c2N)c(N)c1N. The predicted molar refractivity (Wildman–Crippen MR) is 110 cm³/mol. The van der Waals surface area contributed by atoms with E-state index in [1.807, 2.05) is 0 Å². The van der Waals surface area contributed by atoms with Crippen LogP contribution in [0.2, 0.25) is 0 Å². The molecule has 0 unspecified atom stereocenters. The summed E-state index contributed by atoms with van der Waals surface area (Å²) in [5.74, 6) is -0.592. The van der Waals surface area contributed by atoms with Crippen LogP contribution in [0.1, 0.15) is 15.9 Å². The van der Waals surface area contributed by atoms with Gasteiger partial charge in [-0.1, -0.05) is 0 Å². The monoisotopic (exact) mass is 358 g/mol. The quantitative estimate of drug-likeness (QED) is 0.188. The number of allylic oxidation sites excluding steroid dienone is 1. The molecule has 0 amide bonds. The van der Waals surface area contributed by atoms with Gasteiger partial charge in [-0.2, -0.15) is 0 Å². The molecule has 2 aromatic carbocycles. The minimum absolute atomic E-state index is 0.00750. The standard InChI is InChI=1S/C15H22N10O/c16-6-3(7(17)11(21)14(24)10(6)20)1-2-4(26)5-8(18)12(22)15(25)13(23)9(5)19/h1-2H,16-25H2/b2-1+. The summed E-state index contributed by atoms with van der Waals surface area (Å²) in [6, 6.07) is 0. The van der Waals surface area contributed by atoms with Gasteiger partial charge in [-0.3, -0.25) is 4.79 Å². The van der Waals surface area contributed by atoms with Gasteiger partial charge in [0.15, 0.2) is 5.78 Å². The molecule has 2 rings (SSSR count). The Labute approximate surface area is 148 Å². The van der Waals surface area contributed by atoms with Gasteiger partial charge in [0.1, 0.15) is 0 Å². The number of carbonyl (C=O) groups excluding carboxylic acids is 1. The predicted octanol–water partition coefficient (Wildman–Crippen LogP) is -0.595. The molecule has 0 atom stereocenters. The normalized spacial score (nSPS) is 11.1. The van der Waals surface area contributed by atoms with Crippen molar-refractivity contribution in [2.45, 2.75) is 0 Å². The zero-order valence-electron chi connectivity index (χ0n) is 13.8. The average molecular weight is 358 g/mol. The molecule has 0 bridgehead atoms. The summed E-state index contributed by atoms with van der Waals surface area (Å²) in [5, 5.41) is 0. The maximum absolute atomic E-state index is 12.6. The Morgan fingerprint density at radius 2 is 0.808 bits per heavy atom. The van der Waals surface area contributed by atoms with Crippen molar-refractivity contribution in [2.75, 3.05) is 57.3 Å². The third-order valence-electron chi connectivity index (χ3n) is 4.09. The van der Waals surface area contributed by atoms with Crippen LogP contribution in [0.5, 0.6) is 0 Å². The Bertz CT molecular complexity index is 906. The fourth-order valence-electron chi connectivity index (χ4n) is 2.41. The van der Waals surface area contributed by atoms with Crippen LogP contribution in [0.15, 0.2) is 6.08 Å². The van der Waals surface area contributed by atoms with Crippen LogP contribution in [0.25, 0.3) is 6.08 Å². The second kappa shape index (κ2) is 6.05. The van der Waals surface area contributed by atoms with Crippen molar-refractivity contribution >= 4 is 68.7 Å². The molecule has 0 saturated carbocycles. The molecular weight excluding hydrogens is 336 g/mol.